The van der Waals surface area contributed by atoms with Crippen LogP contribution in [0.3, 0.4) is 0 Å². The van der Waals surface area contributed by atoms with Gasteiger partial charge in [0.05, 0.1) is 6.54 Å². The van der Waals surface area contributed by atoms with Crippen LogP contribution < -0.4 is 10.2 Å². The Balaban J connectivity index is 2.08. The number of rotatable bonds is 1. The standard InChI is InChI=1S/C13H18N4O2/c1-13(2,3)15-11(18)17-9-8-16(12(17)19)10-4-6-14-7-5-10/h4-7H,8-9H2,1-3H3,(H,15,18). The highest BCUT2D eigenvalue weighted by atomic mass is 16.2. The van der Waals surface area contributed by atoms with Gasteiger partial charge in [0.25, 0.3) is 0 Å². The molecule has 1 fully saturated rings. The topological polar surface area (TPSA) is 65.5 Å². The average Bonchev–Trinajstić information content (AvgIpc) is 2.70. The maximum atomic E-state index is 12.2. The number of hydrogen-bond donors (Lipinski definition) is 1. The molecular weight excluding hydrogens is 244 g/mol. The molecule has 6 heteroatoms. The van der Waals surface area contributed by atoms with Crippen LogP contribution in [0.15, 0.2) is 24.5 Å². The first-order valence-corrected chi connectivity index (χ1v) is 6.20. The fraction of sp³-hybridized carbons (Fsp3) is 0.462. The summed E-state index contributed by atoms with van der Waals surface area (Å²) in [5.41, 5.74) is 0.396. The monoisotopic (exact) mass is 262 g/mol. The summed E-state index contributed by atoms with van der Waals surface area (Å²) in [5, 5.41) is 2.79. The van der Waals surface area contributed by atoms with Gasteiger partial charge in [-0.05, 0) is 32.9 Å². The highest BCUT2D eigenvalue weighted by Crippen LogP contribution is 2.19. The first kappa shape index (κ1) is 13.3. The Morgan fingerprint density at radius 1 is 1.26 bits per heavy atom. The van der Waals surface area contributed by atoms with Gasteiger partial charge < -0.3 is 5.32 Å². The third kappa shape index (κ3) is 3.01. The van der Waals surface area contributed by atoms with Crippen molar-refractivity contribution >= 4 is 17.7 Å². The summed E-state index contributed by atoms with van der Waals surface area (Å²) in [4.78, 5) is 30.9. The molecule has 1 saturated heterocycles. The number of amides is 4. The molecule has 1 aromatic rings. The minimum Gasteiger partial charge on any atom is -0.333 e. The van der Waals surface area contributed by atoms with Crippen molar-refractivity contribution in [3.63, 3.8) is 0 Å². The Labute approximate surface area is 112 Å². The summed E-state index contributed by atoms with van der Waals surface area (Å²) >= 11 is 0. The zero-order chi connectivity index (χ0) is 14.0. The number of anilines is 1. The summed E-state index contributed by atoms with van der Waals surface area (Å²) in [6, 6.07) is 2.86. The van der Waals surface area contributed by atoms with E-state index < -0.39 is 0 Å². The molecule has 19 heavy (non-hydrogen) atoms. The number of urea groups is 2. The van der Waals surface area contributed by atoms with Gasteiger partial charge in [-0.2, -0.15) is 0 Å². The van der Waals surface area contributed by atoms with E-state index in [1.165, 1.54) is 4.90 Å². The van der Waals surface area contributed by atoms with Gasteiger partial charge in [0.15, 0.2) is 0 Å². The Hall–Kier alpha value is -2.11. The van der Waals surface area contributed by atoms with E-state index in [1.54, 1.807) is 29.4 Å². The van der Waals surface area contributed by atoms with E-state index in [2.05, 4.69) is 10.3 Å². The van der Waals surface area contributed by atoms with Crippen LogP contribution in [0, 0.1) is 0 Å². The molecule has 2 rings (SSSR count). The molecule has 0 spiro atoms. The summed E-state index contributed by atoms with van der Waals surface area (Å²) in [6.07, 6.45) is 3.25. The van der Waals surface area contributed by atoms with E-state index in [-0.39, 0.29) is 17.6 Å². The van der Waals surface area contributed by atoms with Gasteiger partial charge in [0, 0.05) is 30.2 Å². The molecule has 0 bridgehead atoms. The highest BCUT2D eigenvalue weighted by Gasteiger charge is 2.35. The van der Waals surface area contributed by atoms with E-state index in [0.29, 0.717) is 13.1 Å². The van der Waals surface area contributed by atoms with Crippen molar-refractivity contribution in [2.24, 2.45) is 0 Å². The van der Waals surface area contributed by atoms with E-state index in [0.717, 1.165) is 5.69 Å². The summed E-state index contributed by atoms with van der Waals surface area (Å²) in [7, 11) is 0. The molecule has 1 aliphatic heterocycles. The van der Waals surface area contributed by atoms with Crippen LogP contribution in [0.5, 0.6) is 0 Å². The number of nitrogens with zero attached hydrogens (tertiary/aromatic N) is 3. The molecule has 0 aromatic carbocycles. The number of imide groups is 1. The lowest BCUT2D eigenvalue weighted by Gasteiger charge is -2.24. The highest BCUT2D eigenvalue weighted by molar-refractivity contribution is 6.04. The van der Waals surface area contributed by atoms with Crippen LogP contribution >= 0.6 is 0 Å². The molecule has 2 heterocycles. The molecule has 0 aliphatic carbocycles. The second kappa shape index (κ2) is 4.87. The van der Waals surface area contributed by atoms with Gasteiger partial charge in [-0.3, -0.25) is 9.88 Å². The number of carbonyl (C=O) groups is 2. The Bertz CT molecular complexity index is 481. The maximum absolute atomic E-state index is 12.2. The molecule has 0 radical (unpaired) electrons. The van der Waals surface area contributed by atoms with Gasteiger partial charge in [-0.25, -0.2) is 14.5 Å². The largest absolute Gasteiger partial charge is 0.333 e. The van der Waals surface area contributed by atoms with Crippen LogP contribution in [-0.4, -0.2) is 40.6 Å². The molecule has 1 aromatic heterocycles. The van der Waals surface area contributed by atoms with Crippen molar-refractivity contribution in [3.8, 4) is 0 Å². The Morgan fingerprint density at radius 3 is 2.47 bits per heavy atom. The molecule has 1 aliphatic rings. The van der Waals surface area contributed by atoms with Crippen LogP contribution in [-0.2, 0) is 0 Å². The number of carbonyl (C=O) groups excluding carboxylic acids is 2. The predicted octanol–water partition coefficient (Wildman–Crippen LogP) is 1.83. The second-order valence-electron chi connectivity index (χ2n) is 5.47. The van der Waals surface area contributed by atoms with Crippen molar-refractivity contribution in [3.05, 3.63) is 24.5 Å². The van der Waals surface area contributed by atoms with Crippen molar-refractivity contribution in [1.82, 2.24) is 15.2 Å². The SMILES string of the molecule is CC(C)(C)NC(=O)N1CCN(c2ccncc2)C1=O. The van der Waals surface area contributed by atoms with Crippen LogP contribution in [0.4, 0.5) is 15.3 Å². The third-order valence-corrected chi connectivity index (χ3v) is 2.71. The lowest BCUT2D eigenvalue weighted by atomic mass is 10.1. The lowest BCUT2D eigenvalue weighted by molar-refractivity contribution is 0.194. The quantitative estimate of drug-likeness (QED) is 0.839. The normalized spacial score (nSPS) is 15.8. The Kier molecular flexibility index (Phi) is 3.42. The fourth-order valence-electron chi connectivity index (χ4n) is 1.88. The lowest BCUT2D eigenvalue weighted by Crippen LogP contribution is -2.49. The van der Waals surface area contributed by atoms with Gasteiger partial charge in [-0.15, -0.1) is 0 Å². The number of aromatic nitrogens is 1. The van der Waals surface area contributed by atoms with Gasteiger partial charge in [0.2, 0.25) is 0 Å². The van der Waals surface area contributed by atoms with Crippen molar-refractivity contribution in [2.75, 3.05) is 18.0 Å². The van der Waals surface area contributed by atoms with Crippen molar-refractivity contribution in [2.45, 2.75) is 26.3 Å². The fourth-order valence-corrected chi connectivity index (χ4v) is 1.88. The molecule has 6 nitrogen and oxygen atoms in total. The predicted molar refractivity (Wildman–Crippen MR) is 72.0 cm³/mol. The van der Waals surface area contributed by atoms with Gasteiger partial charge in [-0.1, -0.05) is 0 Å². The molecule has 1 N–H and O–H groups in total. The molecule has 4 amide bonds. The van der Waals surface area contributed by atoms with Crippen LogP contribution in [0.1, 0.15) is 20.8 Å². The zero-order valence-electron chi connectivity index (χ0n) is 11.4. The minimum absolute atomic E-state index is 0.298. The van der Waals surface area contributed by atoms with E-state index >= 15 is 0 Å². The van der Waals surface area contributed by atoms with E-state index in [9.17, 15) is 9.59 Å². The van der Waals surface area contributed by atoms with E-state index in [4.69, 9.17) is 0 Å². The first-order chi connectivity index (χ1) is 8.88. The average molecular weight is 262 g/mol. The van der Waals surface area contributed by atoms with Crippen LogP contribution in [0.2, 0.25) is 0 Å². The molecule has 102 valence electrons. The van der Waals surface area contributed by atoms with Crippen molar-refractivity contribution in [1.29, 1.82) is 0 Å². The minimum atomic E-state index is -0.360. The zero-order valence-corrected chi connectivity index (χ0v) is 11.4. The first-order valence-electron chi connectivity index (χ1n) is 6.20. The smallest absolute Gasteiger partial charge is 0.332 e. The summed E-state index contributed by atoms with van der Waals surface area (Å²) in [6.45, 7) is 6.54. The molecule has 0 saturated carbocycles. The van der Waals surface area contributed by atoms with Crippen LogP contribution in [0.25, 0.3) is 0 Å². The maximum Gasteiger partial charge on any atom is 0.332 e. The molecule has 0 unspecified atom stereocenters. The second-order valence-corrected chi connectivity index (χ2v) is 5.47. The van der Waals surface area contributed by atoms with Crippen molar-refractivity contribution < 1.29 is 9.59 Å². The van der Waals surface area contributed by atoms with Gasteiger partial charge >= 0.3 is 12.1 Å². The summed E-state index contributed by atoms with van der Waals surface area (Å²) < 4.78 is 0. The van der Waals surface area contributed by atoms with E-state index in [1.807, 2.05) is 20.8 Å². The molecule has 0 atom stereocenters. The summed E-state index contributed by atoms with van der Waals surface area (Å²) in [5.74, 6) is 0. The number of pyridine rings is 1. The third-order valence-electron chi connectivity index (χ3n) is 2.71. The Morgan fingerprint density at radius 2 is 1.89 bits per heavy atom. The van der Waals surface area contributed by atoms with Gasteiger partial charge in [0.1, 0.15) is 0 Å². The number of hydrogen-bond acceptors (Lipinski definition) is 3. The number of nitrogens with one attached hydrogen (secondary N) is 1. The molecular formula is C13H18N4O2.